The van der Waals surface area contributed by atoms with Gasteiger partial charge in [0.1, 0.15) is 5.69 Å². The van der Waals surface area contributed by atoms with Gasteiger partial charge in [0.2, 0.25) is 10.0 Å². The number of nitrogens with one attached hydrogen (secondary N) is 1. The third-order valence-electron chi connectivity index (χ3n) is 7.06. The monoisotopic (exact) mass is 597 g/mol. The zero-order valence-corrected chi connectivity index (χ0v) is 24.6. The highest BCUT2D eigenvalue weighted by atomic mass is 32.2. The molecule has 1 aliphatic heterocycles. The molecule has 1 aliphatic rings. The fourth-order valence-electron chi connectivity index (χ4n) is 4.92. The lowest BCUT2D eigenvalue weighted by Gasteiger charge is -2.35. The largest absolute Gasteiger partial charge is 0.493 e. The molecule has 2 heterocycles. The topological polar surface area (TPSA) is 127 Å². The lowest BCUT2D eigenvalue weighted by atomic mass is 10.1. The molecule has 0 aliphatic carbocycles. The van der Waals surface area contributed by atoms with Gasteiger partial charge in [0.15, 0.2) is 11.5 Å². The number of anilines is 2. The molecule has 0 spiro atoms. The second kappa shape index (κ2) is 11.9. The normalized spacial score (nSPS) is 14.3. The number of nitrogens with zero attached hydrogens (tertiary/aromatic N) is 4. The van der Waals surface area contributed by atoms with Crippen molar-refractivity contribution in [2.75, 3.05) is 57.2 Å². The molecule has 0 radical (unpaired) electrons. The molecule has 1 N–H and O–H groups in total. The van der Waals surface area contributed by atoms with E-state index in [2.05, 4.69) is 10.3 Å². The molecule has 1 fully saturated rings. The Hall–Kier alpha value is -3.94. The third-order valence-corrected chi connectivity index (χ3v) is 9.89. The number of fused-ring (bicyclic) bond motifs is 1. The van der Waals surface area contributed by atoms with Crippen molar-refractivity contribution in [1.29, 1.82) is 0 Å². The first-order valence-corrected chi connectivity index (χ1v) is 15.3. The van der Waals surface area contributed by atoms with Gasteiger partial charge in [-0.3, -0.25) is 10.1 Å². The van der Waals surface area contributed by atoms with Crippen molar-refractivity contribution in [1.82, 2.24) is 9.29 Å². The molecule has 1 aromatic heterocycles. The Bertz CT molecular complexity index is 1680. The SMILES string of the molecule is COc1ccc(CCNc2cc(N3CCN(S(=O)(=O)c4ccc5nc(C)sc5c4)CC3)ccc2[N+](=O)[O-])cc1OC. The number of aromatic nitrogens is 1. The number of hydrogen-bond acceptors (Lipinski definition) is 10. The zero-order chi connectivity index (χ0) is 29.1. The lowest BCUT2D eigenvalue weighted by molar-refractivity contribution is -0.383. The predicted molar refractivity (Wildman–Crippen MR) is 160 cm³/mol. The van der Waals surface area contributed by atoms with Crippen LogP contribution < -0.4 is 19.7 Å². The second-order valence-corrected chi connectivity index (χ2v) is 12.8. The summed E-state index contributed by atoms with van der Waals surface area (Å²) in [5.41, 5.74) is 2.98. The molecule has 41 heavy (non-hydrogen) atoms. The standard InChI is InChI=1S/C28H31N5O6S2/c1-19-30-23-7-6-22(18-28(23)40-19)41(36,37)32-14-12-31(13-15-32)21-5-8-25(33(34)35)24(17-21)29-11-10-20-4-9-26(38-2)27(16-20)39-3/h4-9,16-18,29H,10-15H2,1-3H3. The number of ether oxygens (including phenoxy) is 2. The van der Waals surface area contributed by atoms with Gasteiger partial charge in [0, 0.05) is 44.5 Å². The minimum atomic E-state index is -3.66. The smallest absolute Gasteiger partial charge is 0.292 e. The van der Waals surface area contributed by atoms with Gasteiger partial charge in [-0.1, -0.05) is 6.07 Å². The van der Waals surface area contributed by atoms with Crippen LogP contribution in [-0.4, -0.2) is 69.6 Å². The Kier molecular flexibility index (Phi) is 8.29. The van der Waals surface area contributed by atoms with Crippen molar-refractivity contribution >= 4 is 48.6 Å². The van der Waals surface area contributed by atoms with Crippen LogP contribution in [0.3, 0.4) is 0 Å². The molecule has 3 aromatic carbocycles. The molecule has 11 nitrogen and oxygen atoms in total. The van der Waals surface area contributed by atoms with Gasteiger partial charge in [0.25, 0.3) is 5.69 Å². The summed E-state index contributed by atoms with van der Waals surface area (Å²) >= 11 is 1.47. The van der Waals surface area contributed by atoms with Crippen LogP contribution in [0.25, 0.3) is 10.2 Å². The van der Waals surface area contributed by atoms with E-state index in [4.69, 9.17) is 9.47 Å². The minimum Gasteiger partial charge on any atom is -0.493 e. The van der Waals surface area contributed by atoms with Crippen LogP contribution in [0.5, 0.6) is 11.5 Å². The van der Waals surface area contributed by atoms with Crippen molar-refractivity contribution in [3.8, 4) is 11.5 Å². The molecule has 5 rings (SSSR count). The van der Waals surface area contributed by atoms with Crippen LogP contribution in [0.4, 0.5) is 17.1 Å². The number of nitro groups is 1. The average molecular weight is 598 g/mol. The van der Waals surface area contributed by atoms with Crippen molar-refractivity contribution < 1.29 is 22.8 Å². The van der Waals surface area contributed by atoms with Gasteiger partial charge in [-0.2, -0.15) is 4.31 Å². The van der Waals surface area contributed by atoms with Crippen LogP contribution >= 0.6 is 11.3 Å². The Morgan fingerprint density at radius 2 is 1.76 bits per heavy atom. The maximum absolute atomic E-state index is 13.4. The van der Waals surface area contributed by atoms with E-state index < -0.39 is 14.9 Å². The summed E-state index contributed by atoms with van der Waals surface area (Å²) < 4.78 is 39.7. The number of sulfonamides is 1. The molecule has 0 amide bonds. The van der Waals surface area contributed by atoms with Gasteiger partial charge in [-0.15, -0.1) is 11.3 Å². The lowest BCUT2D eigenvalue weighted by Crippen LogP contribution is -2.48. The number of benzene rings is 3. The molecular formula is C28H31N5O6S2. The van der Waals surface area contributed by atoms with Gasteiger partial charge in [-0.05, 0) is 61.4 Å². The number of piperazine rings is 1. The van der Waals surface area contributed by atoms with E-state index in [1.54, 1.807) is 44.6 Å². The highest BCUT2D eigenvalue weighted by molar-refractivity contribution is 7.89. The van der Waals surface area contributed by atoms with Crippen LogP contribution in [0.15, 0.2) is 59.5 Å². The maximum atomic E-state index is 13.4. The van der Waals surface area contributed by atoms with Crippen molar-refractivity contribution in [2.24, 2.45) is 0 Å². The Balaban J connectivity index is 1.26. The molecular weight excluding hydrogens is 566 g/mol. The van der Waals surface area contributed by atoms with Gasteiger partial charge >= 0.3 is 0 Å². The summed E-state index contributed by atoms with van der Waals surface area (Å²) in [6.07, 6.45) is 0.616. The quantitative estimate of drug-likeness (QED) is 0.204. The van der Waals surface area contributed by atoms with Crippen molar-refractivity contribution in [3.63, 3.8) is 0 Å². The summed E-state index contributed by atoms with van der Waals surface area (Å²) in [7, 11) is -0.504. The molecule has 4 aromatic rings. The van der Waals surface area contributed by atoms with E-state index in [0.29, 0.717) is 56.3 Å². The summed E-state index contributed by atoms with van der Waals surface area (Å²) in [5, 5.41) is 15.8. The predicted octanol–water partition coefficient (Wildman–Crippen LogP) is 4.70. The van der Waals surface area contributed by atoms with Gasteiger partial charge < -0.3 is 19.7 Å². The van der Waals surface area contributed by atoms with E-state index in [1.165, 1.54) is 21.7 Å². The molecule has 216 valence electrons. The number of methoxy groups -OCH3 is 2. The van der Waals surface area contributed by atoms with Gasteiger partial charge in [0.05, 0.1) is 39.3 Å². The fraction of sp³-hybridized carbons (Fsp3) is 0.321. The Morgan fingerprint density at radius 3 is 2.46 bits per heavy atom. The first kappa shape index (κ1) is 28.6. The van der Waals surface area contributed by atoms with E-state index >= 15 is 0 Å². The molecule has 1 saturated heterocycles. The third kappa shape index (κ3) is 6.06. The average Bonchev–Trinajstić information content (AvgIpc) is 3.36. The van der Waals surface area contributed by atoms with E-state index in [0.717, 1.165) is 26.5 Å². The van der Waals surface area contributed by atoms with E-state index in [-0.39, 0.29) is 10.6 Å². The summed E-state index contributed by atoms with van der Waals surface area (Å²) in [5.74, 6) is 1.26. The number of nitro benzene ring substituents is 1. The fourth-order valence-corrected chi connectivity index (χ4v) is 7.31. The first-order valence-electron chi connectivity index (χ1n) is 13.0. The van der Waals surface area contributed by atoms with E-state index in [1.807, 2.05) is 30.0 Å². The highest BCUT2D eigenvalue weighted by Crippen LogP contribution is 2.32. The van der Waals surface area contributed by atoms with Crippen LogP contribution in [-0.2, 0) is 16.4 Å². The van der Waals surface area contributed by atoms with Crippen molar-refractivity contribution in [2.45, 2.75) is 18.2 Å². The number of thiazole rings is 1. The van der Waals surface area contributed by atoms with Crippen molar-refractivity contribution in [3.05, 3.63) is 75.3 Å². The Morgan fingerprint density at radius 1 is 1.00 bits per heavy atom. The Labute approximate surface area is 242 Å². The molecule has 0 atom stereocenters. The molecule has 0 saturated carbocycles. The van der Waals surface area contributed by atoms with Crippen LogP contribution in [0, 0.1) is 17.0 Å². The van der Waals surface area contributed by atoms with Crippen LogP contribution in [0.2, 0.25) is 0 Å². The molecule has 0 bridgehead atoms. The maximum Gasteiger partial charge on any atom is 0.292 e. The second-order valence-electron chi connectivity index (χ2n) is 9.58. The molecule has 13 heteroatoms. The minimum absolute atomic E-state index is 0.0176. The summed E-state index contributed by atoms with van der Waals surface area (Å²) in [6.45, 7) is 3.90. The van der Waals surface area contributed by atoms with Crippen LogP contribution in [0.1, 0.15) is 10.6 Å². The number of aryl methyl sites for hydroxylation is 1. The first-order chi connectivity index (χ1) is 19.7. The van der Waals surface area contributed by atoms with Gasteiger partial charge in [-0.25, -0.2) is 13.4 Å². The molecule has 0 unspecified atom stereocenters. The van der Waals surface area contributed by atoms with E-state index in [9.17, 15) is 18.5 Å². The number of rotatable bonds is 10. The zero-order valence-electron chi connectivity index (χ0n) is 23.0. The summed E-state index contributed by atoms with van der Waals surface area (Å²) in [6, 6.07) is 15.7. The highest BCUT2D eigenvalue weighted by Gasteiger charge is 2.29. The number of hydrogen-bond donors (Lipinski definition) is 1. The summed E-state index contributed by atoms with van der Waals surface area (Å²) in [4.78, 5) is 18.0.